The topological polar surface area (TPSA) is 118 Å². The molecule has 0 aliphatic carbocycles. The molecule has 1 N–H and O–H groups in total. The van der Waals surface area contributed by atoms with Crippen molar-refractivity contribution in [2.45, 2.75) is 11.8 Å². The van der Waals surface area contributed by atoms with Crippen molar-refractivity contribution in [3.05, 3.63) is 33.3 Å². The lowest BCUT2D eigenvalue weighted by atomic mass is 10.3. The Morgan fingerprint density at radius 1 is 1.50 bits per heavy atom. The number of hydrogen-bond acceptors (Lipinski definition) is 5. The van der Waals surface area contributed by atoms with Gasteiger partial charge in [0.2, 0.25) is 10.0 Å². The van der Waals surface area contributed by atoms with Crippen LogP contribution in [0.1, 0.15) is 6.92 Å². The number of aliphatic carboxylic acids is 1. The number of sulfonamides is 1. The maximum absolute atomic E-state index is 12.2. The van der Waals surface area contributed by atoms with Crippen LogP contribution in [0.25, 0.3) is 0 Å². The third-order valence-corrected chi connectivity index (χ3v) is 4.81. The first-order valence-corrected chi connectivity index (χ1v) is 7.17. The molecule has 1 rings (SSSR count). The number of rotatable bonds is 6. The van der Waals surface area contributed by atoms with Gasteiger partial charge < -0.3 is 5.11 Å². The highest BCUT2D eigenvalue weighted by Crippen LogP contribution is 2.28. The van der Waals surface area contributed by atoms with Gasteiger partial charge in [0.15, 0.2) is 0 Å². The highest BCUT2D eigenvalue weighted by molar-refractivity contribution is 7.89. The first-order chi connectivity index (χ1) is 9.20. The van der Waals surface area contributed by atoms with Gasteiger partial charge in [-0.05, 0) is 6.07 Å². The fourth-order valence-electron chi connectivity index (χ4n) is 1.47. The van der Waals surface area contributed by atoms with E-state index in [2.05, 4.69) is 0 Å². The average molecular weight is 323 g/mol. The van der Waals surface area contributed by atoms with Crippen molar-refractivity contribution in [2.75, 3.05) is 13.1 Å². The molecule has 0 heterocycles. The Hall–Kier alpha value is -1.71. The van der Waals surface area contributed by atoms with Crippen LogP contribution in [0.5, 0.6) is 0 Å². The molecule has 0 saturated carbocycles. The summed E-state index contributed by atoms with van der Waals surface area (Å²) in [6.45, 7) is 0.688. The highest BCUT2D eigenvalue weighted by atomic mass is 35.5. The van der Waals surface area contributed by atoms with Crippen LogP contribution in [-0.4, -0.2) is 41.8 Å². The molecule has 1 aromatic rings. The first kappa shape index (κ1) is 16.3. The van der Waals surface area contributed by atoms with Crippen molar-refractivity contribution in [2.24, 2.45) is 0 Å². The molecule has 0 aliphatic rings. The van der Waals surface area contributed by atoms with Crippen LogP contribution in [0, 0.1) is 10.1 Å². The second-order valence-electron chi connectivity index (χ2n) is 3.70. The minimum absolute atomic E-state index is 0.0675. The van der Waals surface area contributed by atoms with Crippen LogP contribution in [0.15, 0.2) is 23.1 Å². The van der Waals surface area contributed by atoms with Crippen molar-refractivity contribution in [3.8, 4) is 0 Å². The quantitative estimate of drug-likeness (QED) is 0.623. The average Bonchev–Trinajstić information content (AvgIpc) is 2.34. The number of non-ortho nitro benzene ring substituents is 1. The SMILES string of the molecule is CCN(CC(=O)O)S(=O)(=O)c1ccc([N+](=O)[O-])cc1Cl. The van der Waals surface area contributed by atoms with Crippen molar-refractivity contribution >= 4 is 33.3 Å². The highest BCUT2D eigenvalue weighted by Gasteiger charge is 2.28. The number of benzene rings is 1. The summed E-state index contributed by atoms with van der Waals surface area (Å²) in [4.78, 5) is 20.1. The maximum atomic E-state index is 12.2. The molecule has 0 fully saturated rings. The Morgan fingerprint density at radius 2 is 2.10 bits per heavy atom. The summed E-state index contributed by atoms with van der Waals surface area (Å²) < 4.78 is 25.1. The van der Waals surface area contributed by atoms with Crippen molar-refractivity contribution in [1.29, 1.82) is 0 Å². The van der Waals surface area contributed by atoms with Crippen LogP contribution in [0.2, 0.25) is 5.02 Å². The summed E-state index contributed by atoms with van der Waals surface area (Å²) in [6, 6.07) is 2.89. The molecule has 0 aromatic heterocycles. The zero-order valence-electron chi connectivity index (χ0n) is 10.3. The van der Waals surface area contributed by atoms with E-state index in [9.17, 15) is 23.3 Å². The summed E-state index contributed by atoms with van der Waals surface area (Å²) in [5.74, 6) is -1.31. The number of hydrogen-bond donors (Lipinski definition) is 1. The summed E-state index contributed by atoms with van der Waals surface area (Å²) in [7, 11) is -4.12. The molecule has 8 nitrogen and oxygen atoms in total. The molecule has 0 spiro atoms. The number of carboxylic acids is 1. The minimum atomic E-state index is -4.12. The second-order valence-corrected chi connectivity index (χ2v) is 6.01. The van der Waals surface area contributed by atoms with Gasteiger partial charge in [0.05, 0.1) is 9.95 Å². The van der Waals surface area contributed by atoms with Crippen LogP contribution >= 0.6 is 11.6 Å². The molecule has 0 bridgehead atoms. The fraction of sp³-hybridized carbons (Fsp3) is 0.300. The molecule has 1 aromatic carbocycles. The van der Waals surface area contributed by atoms with Crippen LogP contribution in [0.4, 0.5) is 5.69 Å². The molecule has 0 amide bonds. The maximum Gasteiger partial charge on any atom is 0.318 e. The lowest BCUT2D eigenvalue weighted by Gasteiger charge is -2.18. The predicted octanol–water partition coefficient (Wildman–Crippen LogP) is 1.34. The summed E-state index contributed by atoms with van der Waals surface area (Å²) in [5.41, 5.74) is -0.352. The molecule has 0 aliphatic heterocycles. The van der Waals surface area contributed by atoms with E-state index < -0.39 is 27.5 Å². The van der Waals surface area contributed by atoms with Gasteiger partial charge in [-0.25, -0.2) is 8.42 Å². The Morgan fingerprint density at radius 3 is 2.50 bits per heavy atom. The van der Waals surface area contributed by atoms with Gasteiger partial charge in [0.1, 0.15) is 11.4 Å². The van der Waals surface area contributed by atoms with Gasteiger partial charge in [0, 0.05) is 18.7 Å². The first-order valence-electron chi connectivity index (χ1n) is 5.36. The van der Waals surface area contributed by atoms with Gasteiger partial charge in [-0.3, -0.25) is 14.9 Å². The van der Waals surface area contributed by atoms with Gasteiger partial charge in [0.25, 0.3) is 5.69 Å². The summed E-state index contributed by atoms with van der Waals surface area (Å²) in [5, 5.41) is 18.9. The fourth-order valence-corrected chi connectivity index (χ4v) is 3.38. The predicted molar refractivity (Wildman–Crippen MR) is 70.2 cm³/mol. The standard InChI is InChI=1S/C10H11ClN2O6S/c1-2-12(6-10(14)15)20(18,19)9-4-3-7(13(16)17)5-8(9)11/h3-5H,2,6H2,1H3,(H,14,15). The summed E-state index contributed by atoms with van der Waals surface area (Å²) in [6.07, 6.45) is 0. The van der Waals surface area contributed by atoms with Gasteiger partial charge in [-0.2, -0.15) is 4.31 Å². The lowest BCUT2D eigenvalue weighted by Crippen LogP contribution is -2.35. The largest absolute Gasteiger partial charge is 0.480 e. The molecule has 20 heavy (non-hydrogen) atoms. The zero-order chi connectivity index (χ0) is 15.5. The molecule has 0 atom stereocenters. The minimum Gasteiger partial charge on any atom is -0.480 e. The molecule has 0 saturated heterocycles. The molecular formula is C10H11ClN2O6S. The molecule has 10 heteroatoms. The molecule has 110 valence electrons. The second kappa shape index (κ2) is 6.16. The Labute approximate surface area is 119 Å². The van der Waals surface area contributed by atoms with E-state index in [0.29, 0.717) is 4.31 Å². The van der Waals surface area contributed by atoms with E-state index in [-0.39, 0.29) is 22.2 Å². The molecule has 0 radical (unpaired) electrons. The van der Waals surface area contributed by atoms with Crippen LogP contribution in [0.3, 0.4) is 0 Å². The van der Waals surface area contributed by atoms with Gasteiger partial charge >= 0.3 is 5.97 Å². The number of carbonyl (C=O) groups is 1. The van der Waals surface area contributed by atoms with Crippen molar-refractivity contribution < 1.29 is 23.2 Å². The van der Waals surface area contributed by atoms with Crippen molar-refractivity contribution in [3.63, 3.8) is 0 Å². The third-order valence-electron chi connectivity index (χ3n) is 2.41. The normalized spacial score (nSPS) is 11.6. The molecule has 0 unspecified atom stereocenters. The summed E-state index contributed by atoms with van der Waals surface area (Å²) >= 11 is 5.74. The Kier molecular flexibility index (Phi) is 5.03. The van der Waals surface area contributed by atoms with Gasteiger partial charge in [-0.1, -0.05) is 18.5 Å². The smallest absolute Gasteiger partial charge is 0.318 e. The number of nitro groups is 1. The number of carboxylic acid groups (broad SMARTS) is 1. The number of likely N-dealkylation sites (N-methyl/N-ethyl adjacent to an activating group) is 1. The van der Waals surface area contributed by atoms with E-state index in [0.717, 1.165) is 18.2 Å². The lowest BCUT2D eigenvalue weighted by molar-refractivity contribution is -0.384. The van der Waals surface area contributed by atoms with E-state index in [1.54, 1.807) is 0 Å². The van der Waals surface area contributed by atoms with E-state index in [4.69, 9.17) is 16.7 Å². The van der Waals surface area contributed by atoms with E-state index in [1.165, 1.54) is 6.92 Å². The number of nitro benzene ring substituents is 1. The molecular weight excluding hydrogens is 312 g/mol. The monoisotopic (exact) mass is 322 g/mol. The number of halogens is 1. The zero-order valence-corrected chi connectivity index (χ0v) is 11.9. The number of nitrogens with zero attached hydrogens (tertiary/aromatic N) is 2. The Balaban J connectivity index is 3.27. The van der Waals surface area contributed by atoms with Crippen LogP contribution in [-0.2, 0) is 14.8 Å². The Bertz CT molecular complexity index is 645. The van der Waals surface area contributed by atoms with Gasteiger partial charge in [-0.15, -0.1) is 0 Å². The van der Waals surface area contributed by atoms with E-state index in [1.807, 2.05) is 0 Å². The third kappa shape index (κ3) is 3.44. The van der Waals surface area contributed by atoms with Crippen LogP contribution < -0.4 is 0 Å². The van der Waals surface area contributed by atoms with Crippen molar-refractivity contribution in [1.82, 2.24) is 4.31 Å². The van der Waals surface area contributed by atoms with E-state index >= 15 is 0 Å².